The Morgan fingerprint density at radius 3 is 2.59 bits per heavy atom. The number of likely N-dealkylation sites (tertiary alicyclic amines) is 1. The zero-order chi connectivity index (χ0) is 24.5. The van der Waals surface area contributed by atoms with E-state index in [9.17, 15) is 9.59 Å². The molecule has 2 N–H and O–H groups in total. The van der Waals surface area contributed by atoms with Gasteiger partial charge in [0.25, 0.3) is 0 Å². The van der Waals surface area contributed by atoms with Crippen LogP contribution >= 0.6 is 0 Å². The van der Waals surface area contributed by atoms with Crippen molar-refractivity contribution in [3.63, 3.8) is 0 Å². The molecule has 3 heterocycles. The van der Waals surface area contributed by atoms with Crippen LogP contribution in [-0.2, 0) is 14.3 Å². The second-order valence-electron chi connectivity index (χ2n) is 9.46. The molecule has 4 rings (SSSR count). The first-order valence-corrected chi connectivity index (χ1v) is 11.5. The van der Waals surface area contributed by atoms with E-state index in [2.05, 4.69) is 9.97 Å². The van der Waals surface area contributed by atoms with Gasteiger partial charge < -0.3 is 24.7 Å². The third kappa shape index (κ3) is 4.83. The minimum absolute atomic E-state index is 0.103. The maximum Gasteiger partial charge on any atom is 0.410 e. The number of anilines is 1. The second kappa shape index (κ2) is 9.32. The van der Waals surface area contributed by atoms with Crippen molar-refractivity contribution in [2.45, 2.75) is 58.2 Å². The summed E-state index contributed by atoms with van der Waals surface area (Å²) in [6, 6.07) is 9.43. The van der Waals surface area contributed by atoms with Crippen molar-refractivity contribution in [2.75, 3.05) is 18.9 Å². The molecule has 1 fully saturated rings. The van der Waals surface area contributed by atoms with Crippen LogP contribution in [0.3, 0.4) is 0 Å². The van der Waals surface area contributed by atoms with Gasteiger partial charge in [0, 0.05) is 24.3 Å². The maximum absolute atomic E-state index is 13.0. The van der Waals surface area contributed by atoms with Crippen molar-refractivity contribution in [1.29, 1.82) is 0 Å². The van der Waals surface area contributed by atoms with Crippen LogP contribution in [-0.4, -0.2) is 56.3 Å². The Labute approximate surface area is 198 Å². The molecule has 3 aromatic rings. The molecule has 0 bridgehead atoms. The van der Waals surface area contributed by atoms with Crippen molar-refractivity contribution in [3.05, 3.63) is 42.9 Å². The third-order valence-corrected chi connectivity index (χ3v) is 5.84. The lowest BCUT2D eigenvalue weighted by Gasteiger charge is -2.28. The van der Waals surface area contributed by atoms with Gasteiger partial charge in [0.2, 0.25) is 0 Å². The maximum atomic E-state index is 13.0. The predicted octanol–water partition coefficient (Wildman–Crippen LogP) is 4.18. The van der Waals surface area contributed by atoms with E-state index < -0.39 is 11.7 Å². The van der Waals surface area contributed by atoms with Gasteiger partial charge >= 0.3 is 12.1 Å². The second-order valence-corrected chi connectivity index (χ2v) is 9.46. The molecule has 1 amide bonds. The largest absolute Gasteiger partial charge is 0.466 e. The Morgan fingerprint density at radius 2 is 1.91 bits per heavy atom. The fourth-order valence-electron chi connectivity index (χ4n) is 4.47. The molecule has 0 saturated carbocycles. The van der Waals surface area contributed by atoms with Crippen LogP contribution in [0.25, 0.3) is 22.2 Å². The summed E-state index contributed by atoms with van der Waals surface area (Å²) < 4.78 is 12.8. The average molecular weight is 466 g/mol. The minimum Gasteiger partial charge on any atom is -0.466 e. The SMILES string of the molecule is CCOC(=O)C[C@@H]1C[C@@H](n2cc(-c3ccccc3)c3c(N)ncnc32)CN1C(=O)OC(C)(C)C. The van der Waals surface area contributed by atoms with E-state index in [0.29, 0.717) is 31.0 Å². The molecule has 1 aliphatic rings. The van der Waals surface area contributed by atoms with Gasteiger partial charge in [-0.15, -0.1) is 0 Å². The molecule has 0 radical (unpaired) electrons. The van der Waals surface area contributed by atoms with E-state index in [1.165, 1.54) is 6.33 Å². The number of ether oxygens (including phenoxy) is 2. The molecule has 34 heavy (non-hydrogen) atoms. The molecule has 180 valence electrons. The summed E-state index contributed by atoms with van der Waals surface area (Å²) in [7, 11) is 0. The standard InChI is InChI=1S/C25H31N5O4/c1-5-33-20(31)12-17-11-18(13-30(17)24(32)34-25(2,3)4)29-14-19(16-9-7-6-8-10-16)21-22(26)27-15-28-23(21)29/h6-10,14-15,17-18H,5,11-13H2,1-4H3,(H2,26,27,28)/t17-,18+/m0/s1. The Hall–Kier alpha value is -3.62. The van der Waals surface area contributed by atoms with E-state index in [4.69, 9.17) is 15.2 Å². The van der Waals surface area contributed by atoms with Gasteiger partial charge in [-0.25, -0.2) is 14.8 Å². The summed E-state index contributed by atoms with van der Waals surface area (Å²) in [5.41, 5.74) is 8.23. The lowest BCUT2D eigenvalue weighted by atomic mass is 10.1. The number of esters is 1. The lowest BCUT2D eigenvalue weighted by molar-refractivity contribution is -0.144. The molecular weight excluding hydrogens is 434 g/mol. The molecule has 2 atom stereocenters. The topological polar surface area (TPSA) is 113 Å². The number of nitrogen functional groups attached to an aromatic ring is 1. The van der Waals surface area contributed by atoms with E-state index in [1.54, 1.807) is 11.8 Å². The molecule has 9 nitrogen and oxygen atoms in total. The third-order valence-electron chi connectivity index (χ3n) is 5.84. The Morgan fingerprint density at radius 1 is 1.18 bits per heavy atom. The highest BCUT2D eigenvalue weighted by Crippen LogP contribution is 2.38. The monoisotopic (exact) mass is 465 g/mol. The van der Waals surface area contributed by atoms with Crippen LogP contribution in [0.1, 0.15) is 46.6 Å². The summed E-state index contributed by atoms with van der Waals surface area (Å²) >= 11 is 0. The number of rotatable bonds is 5. The molecule has 1 aliphatic heterocycles. The number of nitrogens with two attached hydrogens (primary N) is 1. The first-order valence-electron chi connectivity index (χ1n) is 11.5. The van der Waals surface area contributed by atoms with Crippen LogP contribution in [0.2, 0.25) is 0 Å². The predicted molar refractivity (Wildman–Crippen MR) is 129 cm³/mol. The fourth-order valence-corrected chi connectivity index (χ4v) is 4.47. The van der Waals surface area contributed by atoms with Crippen LogP contribution in [0, 0.1) is 0 Å². The molecule has 1 saturated heterocycles. The highest BCUT2D eigenvalue weighted by Gasteiger charge is 2.40. The molecule has 0 spiro atoms. The average Bonchev–Trinajstić information content (AvgIpc) is 3.36. The number of carbonyl (C=O) groups excluding carboxylic acids is 2. The van der Waals surface area contributed by atoms with Gasteiger partial charge in [-0.05, 0) is 39.7 Å². The van der Waals surface area contributed by atoms with Crippen molar-refractivity contribution in [2.24, 2.45) is 0 Å². The van der Waals surface area contributed by atoms with Gasteiger partial charge in [-0.2, -0.15) is 0 Å². The van der Waals surface area contributed by atoms with E-state index in [0.717, 1.165) is 16.5 Å². The number of benzene rings is 1. The van der Waals surface area contributed by atoms with Gasteiger partial charge in [-0.1, -0.05) is 30.3 Å². The Bertz CT molecular complexity index is 1190. The van der Waals surface area contributed by atoms with Gasteiger partial charge in [0.05, 0.1) is 24.5 Å². The van der Waals surface area contributed by atoms with Gasteiger partial charge in [-0.3, -0.25) is 4.79 Å². The number of hydrogen-bond acceptors (Lipinski definition) is 7. The summed E-state index contributed by atoms with van der Waals surface area (Å²) in [6.45, 7) is 7.90. The normalized spacial score (nSPS) is 18.3. The zero-order valence-corrected chi connectivity index (χ0v) is 20.0. The highest BCUT2D eigenvalue weighted by atomic mass is 16.6. The Kier molecular flexibility index (Phi) is 6.45. The Balaban J connectivity index is 1.72. The van der Waals surface area contributed by atoms with Gasteiger partial charge in [0.1, 0.15) is 23.4 Å². The molecule has 2 aromatic heterocycles. The first-order chi connectivity index (χ1) is 16.2. The number of hydrogen-bond donors (Lipinski definition) is 1. The summed E-state index contributed by atoms with van der Waals surface area (Å²) in [5, 5.41) is 0.770. The van der Waals surface area contributed by atoms with Gasteiger partial charge in [0.15, 0.2) is 0 Å². The summed E-state index contributed by atoms with van der Waals surface area (Å²) in [4.78, 5) is 35.7. The summed E-state index contributed by atoms with van der Waals surface area (Å²) in [6.07, 6.45) is 3.67. The smallest absolute Gasteiger partial charge is 0.410 e. The quantitative estimate of drug-likeness (QED) is 0.562. The lowest BCUT2D eigenvalue weighted by Crippen LogP contribution is -2.41. The number of nitrogens with zero attached hydrogens (tertiary/aromatic N) is 4. The van der Waals surface area contributed by atoms with E-state index in [-0.39, 0.29) is 24.5 Å². The van der Waals surface area contributed by atoms with Crippen LogP contribution < -0.4 is 5.73 Å². The van der Waals surface area contributed by atoms with Crippen LogP contribution in [0.4, 0.5) is 10.6 Å². The van der Waals surface area contributed by atoms with E-state index in [1.807, 2.05) is 61.9 Å². The number of fused-ring (bicyclic) bond motifs is 1. The zero-order valence-electron chi connectivity index (χ0n) is 20.0. The molecular formula is C25H31N5O4. The fraction of sp³-hybridized carbons (Fsp3) is 0.440. The minimum atomic E-state index is -0.647. The van der Waals surface area contributed by atoms with Crippen molar-refractivity contribution >= 4 is 28.9 Å². The first kappa shape index (κ1) is 23.5. The summed E-state index contributed by atoms with van der Waals surface area (Å²) in [5.74, 6) is 0.0586. The van der Waals surface area contributed by atoms with Crippen LogP contribution in [0.5, 0.6) is 0 Å². The molecule has 1 aromatic carbocycles. The highest BCUT2D eigenvalue weighted by molar-refractivity contribution is 6.00. The van der Waals surface area contributed by atoms with E-state index >= 15 is 0 Å². The number of carbonyl (C=O) groups is 2. The molecule has 0 unspecified atom stereocenters. The van der Waals surface area contributed by atoms with Crippen molar-refractivity contribution < 1.29 is 19.1 Å². The van der Waals surface area contributed by atoms with Crippen molar-refractivity contribution in [3.8, 4) is 11.1 Å². The van der Waals surface area contributed by atoms with Crippen molar-refractivity contribution in [1.82, 2.24) is 19.4 Å². The van der Waals surface area contributed by atoms with Crippen LogP contribution in [0.15, 0.2) is 42.9 Å². The molecule has 0 aliphatic carbocycles. The number of amides is 1. The number of aromatic nitrogens is 3. The molecule has 9 heteroatoms.